The minimum absolute atomic E-state index is 0.0359. The molecule has 0 saturated heterocycles. The van der Waals surface area contributed by atoms with Crippen LogP contribution in [0.2, 0.25) is 0 Å². The maximum Gasteiger partial charge on any atom is 0.131 e. The van der Waals surface area contributed by atoms with E-state index in [1.54, 1.807) is 36.4 Å². The van der Waals surface area contributed by atoms with Crippen molar-refractivity contribution in [2.45, 2.75) is 38.9 Å². The number of phenolic OH excluding ortho intramolecular Hbond substituents is 4. The first-order chi connectivity index (χ1) is 31.7. The standard InChI is InChI=1S/C58H46O8/c1-57(2,41-17-11-36-29-43(59)19-12-35(36)27-41)65-49-9-6-8-46(34-49)64-48-22-24-52-40(32-48)16-26-54(62)56(52)55-51-23-18-42(28-39(51)15-25-53(55)61)58(3,4)66-50-10-5-7-45(33-50)63-47-21-14-37-30-44(60)20-13-38(37)31-47/h5-34,59-62H,1-4H3. The highest BCUT2D eigenvalue weighted by Crippen LogP contribution is 2.46. The molecular formula is C58H46O8. The van der Waals surface area contributed by atoms with Crippen LogP contribution >= 0.6 is 0 Å². The number of fused-ring (bicyclic) bond motifs is 4. The summed E-state index contributed by atoms with van der Waals surface area (Å²) >= 11 is 0. The summed E-state index contributed by atoms with van der Waals surface area (Å²) in [6.07, 6.45) is 0. The highest BCUT2D eigenvalue weighted by atomic mass is 16.5. The Labute approximate surface area is 381 Å². The number of hydrogen-bond acceptors (Lipinski definition) is 8. The van der Waals surface area contributed by atoms with Gasteiger partial charge in [-0.05, 0) is 185 Å². The SMILES string of the molecule is CC(C)(Oc1cccc(Oc2ccc3c(-c4c(O)ccc5cc(C(C)(C)Oc6cccc(Oc7ccc8cc(O)ccc8c7)c6)ccc45)c(O)ccc3c2)c1)c1ccc2cc(O)ccc2c1. The monoisotopic (exact) mass is 870 g/mol. The average Bonchev–Trinajstić information content (AvgIpc) is 3.29. The lowest BCUT2D eigenvalue weighted by Gasteiger charge is -2.28. The third-order valence-electron chi connectivity index (χ3n) is 12.1. The Hall–Kier alpha value is -8.36. The van der Waals surface area contributed by atoms with E-state index in [-0.39, 0.29) is 23.0 Å². The van der Waals surface area contributed by atoms with Crippen LogP contribution in [0.15, 0.2) is 182 Å². The van der Waals surface area contributed by atoms with E-state index >= 15 is 0 Å². The summed E-state index contributed by atoms with van der Waals surface area (Å²) in [4.78, 5) is 0. The van der Waals surface area contributed by atoms with Crippen molar-refractivity contribution in [2.75, 3.05) is 0 Å². The van der Waals surface area contributed by atoms with E-state index in [1.807, 2.05) is 167 Å². The number of hydrogen-bond donors (Lipinski definition) is 4. The fourth-order valence-electron chi connectivity index (χ4n) is 8.64. The molecule has 0 heterocycles. The topological polar surface area (TPSA) is 118 Å². The predicted octanol–water partition coefficient (Wildman–Crippen LogP) is 15.0. The van der Waals surface area contributed by atoms with Gasteiger partial charge in [-0.3, -0.25) is 0 Å². The van der Waals surface area contributed by atoms with Gasteiger partial charge >= 0.3 is 0 Å². The number of phenols is 4. The van der Waals surface area contributed by atoms with E-state index < -0.39 is 11.2 Å². The van der Waals surface area contributed by atoms with Crippen LogP contribution in [0.25, 0.3) is 54.2 Å². The molecule has 326 valence electrons. The molecule has 0 saturated carbocycles. The van der Waals surface area contributed by atoms with Gasteiger partial charge in [0, 0.05) is 23.3 Å². The molecule has 0 amide bonds. The van der Waals surface area contributed by atoms with Crippen molar-refractivity contribution in [3.8, 4) is 68.6 Å². The quantitative estimate of drug-likeness (QED) is 0.102. The third kappa shape index (κ3) is 8.28. The van der Waals surface area contributed by atoms with Crippen molar-refractivity contribution in [3.05, 3.63) is 193 Å². The molecule has 0 spiro atoms. The molecule has 66 heavy (non-hydrogen) atoms. The first-order valence-corrected chi connectivity index (χ1v) is 21.7. The van der Waals surface area contributed by atoms with Crippen molar-refractivity contribution in [1.82, 2.24) is 0 Å². The van der Waals surface area contributed by atoms with Crippen molar-refractivity contribution in [1.29, 1.82) is 0 Å². The Morgan fingerprint density at radius 2 is 0.682 bits per heavy atom. The first-order valence-electron chi connectivity index (χ1n) is 21.7. The molecule has 0 fully saturated rings. The molecule has 0 radical (unpaired) electrons. The van der Waals surface area contributed by atoms with Gasteiger partial charge in [0.1, 0.15) is 68.7 Å². The van der Waals surface area contributed by atoms with Crippen molar-refractivity contribution < 1.29 is 39.4 Å². The Morgan fingerprint density at radius 3 is 1.24 bits per heavy atom. The van der Waals surface area contributed by atoms with E-state index in [0.29, 0.717) is 45.6 Å². The zero-order valence-electron chi connectivity index (χ0n) is 36.7. The van der Waals surface area contributed by atoms with Gasteiger partial charge in [0.05, 0.1) is 0 Å². The van der Waals surface area contributed by atoms with Crippen LogP contribution in [0.4, 0.5) is 0 Å². The van der Waals surface area contributed by atoms with Crippen molar-refractivity contribution in [2.24, 2.45) is 0 Å². The Kier molecular flexibility index (Phi) is 10.3. The maximum atomic E-state index is 11.4. The number of aromatic hydroxyl groups is 4. The molecule has 10 aromatic rings. The van der Waals surface area contributed by atoms with Crippen LogP contribution in [-0.2, 0) is 11.2 Å². The van der Waals surface area contributed by atoms with Gasteiger partial charge in [0.2, 0.25) is 0 Å². The van der Waals surface area contributed by atoms with Crippen LogP contribution in [0.3, 0.4) is 0 Å². The fourth-order valence-corrected chi connectivity index (χ4v) is 8.64. The second kappa shape index (κ2) is 16.3. The lowest BCUT2D eigenvalue weighted by atomic mass is 9.89. The fraction of sp³-hybridized carbons (Fsp3) is 0.103. The summed E-state index contributed by atoms with van der Waals surface area (Å²) in [5.41, 5.74) is 1.49. The normalized spacial score (nSPS) is 11.9. The second-order valence-corrected chi connectivity index (χ2v) is 17.6. The van der Waals surface area contributed by atoms with Crippen LogP contribution in [-0.4, -0.2) is 20.4 Å². The summed E-state index contributed by atoms with van der Waals surface area (Å²) in [6, 6.07) is 56.0. The summed E-state index contributed by atoms with van der Waals surface area (Å²) < 4.78 is 25.7. The summed E-state index contributed by atoms with van der Waals surface area (Å²) in [7, 11) is 0. The van der Waals surface area contributed by atoms with Crippen LogP contribution in [0.5, 0.6) is 57.5 Å². The molecule has 8 heteroatoms. The zero-order valence-corrected chi connectivity index (χ0v) is 36.7. The van der Waals surface area contributed by atoms with Gasteiger partial charge in [-0.15, -0.1) is 0 Å². The number of benzene rings is 10. The maximum absolute atomic E-state index is 11.4. The third-order valence-corrected chi connectivity index (χ3v) is 12.1. The molecule has 0 aliphatic rings. The Morgan fingerprint density at radius 1 is 0.318 bits per heavy atom. The highest BCUT2D eigenvalue weighted by molar-refractivity contribution is 6.10. The van der Waals surface area contributed by atoms with E-state index in [4.69, 9.17) is 18.9 Å². The molecule has 0 bridgehead atoms. The molecule has 0 unspecified atom stereocenters. The minimum atomic E-state index is -0.765. The molecular weight excluding hydrogens is 825 g/mol. The molecule has 0 aliphatic carbocycles. The lowest BCUT2D eigenvalue weighted by molar-refractivity contribution is 0.108. The van der Waals surface area contributed by atoms with Gasteiger partial charge in [-0.2, -0.15) is 0 Å². The van der Waals surface area contributed by atoms with E-state index in [1.165, 1.54) is 0 Å². The van der Waals surface area contributed by atoms with E-state index in [9.17, 15) is 20.4 Å². The predicted molar refractivity (Wildman–Crippen MR) is 262 cm³/mol. The first kappa shape index (κ1) is 41.6. The van der Waals surface area contributed by atoms with Gasteiger partial charge in [-0.1, -0.05) is 66.7 Å². The molecule has 4 N–H and O–H groups in total. The Balaban J connectivity index is 0.885. The largest absolute Gasteiger partial charge is 0.508 e. The summed E-state index contributed by atoms with van der Waals surface area (Å²) in [5.74, 6) is 4.26. The van der Waals surface area contributed by atoms with Gasteiger partial charge in [0.25, 0.3) is 0 Å². The zero-order chi connectivity index (χ0) is 45.7. The summed E-state index contributed by atoms with van der Waals surface area (Å²) in [5, 5.41) is 49.6. The van der Waals surface area contributed by atoms with Crippen molar-refractivity contribution >= 4 is 43.1 Å². The minimum Gasteiger partial charge on any atom is -0.508 e. The number of rotatable bonds is 11. The molecule has 0 atom stereocenters. The molecule has 0 aromatic heterocycles. The summed E-state index contributed by atoms with van der Waals surface area (Å²) in [6.45, 7) is 8.04. The highest BCUT2D eigenvalue weighted by Gasteiger charge is 2.26. The number of ether oxygens (including phenoxy) is 4. The smallest absolute Gasteiger partial charge is 0.131 e. The molecule has 0 aliphatic heterocycles. The van der Waals surface area contributed by atoms with Crippen LogP contribution < -0.4 is 18.9 Å². The second-order valence-electron chi connectivity index (χ2n) is 17.6. The Bertz CT molecular complexity index is 3500. The van der Waals surface area contributed by atoms with Gasteiger partial charge < -0.3 is 39.4 Å². The van der Waals surface area contributed by atoms with Crippen LogP contribution in [0, 0.1) is 0 Å². The van der Waals surface area contributed by atoms with Crippen LogP contribution in [0.1, 0.15) is 38.8 Å². The molecule has 8 nitrogen and oxygen atoms in total. The van der Waals surface area contributed by atoms with E-state index in [0.717, 1.165) is 54.2 Å². The van der Waals surface area contributed by atoms with E-state index in [2.05, 4.69) is 6.07 Å². The van der Waals surface area contributed by atoms with Gasteiger partial charge in [-0.25, -0.2) is 0 Å². The van der Waals surface area contributed by atoms with Gasteiger partial charge in [0.15, 0.2) is 0 Å². The van der Waals surface area contributed by atoms with Crippen molar-refractivity contribution in [3.63, 3.8) is 0 Å². The lowest BCUT2D eigenvalue weighted by Crippen LogP contribution is -2.25. The average molecular weight is 871 g/mol. The molecule has 10 aromatic carbocycles. The molecule has 10 rings (SSSR count).